The highest BCUT2D eigenvalue weighted by Gasteiger charge is 2.23. The van der Waals surface area contributed by atoms with Gasteiger partial charge in [0.2, 0.25) is 5.91 Å². The van der Waals surface area contributed by atoms with E-state index in [2.05, 4.69) is 23.2 Å². The largest absolute Gasteiger partial charge is 0.494 e. The number of fused-ring (bicyclic) bond motifs is 2. The molecule has 3 aromatic carbocycles. The van der Waals surface area contributed by atoms with Gasteiger partial charge in [0.15, 0.2) is 5.13 Å². The minimum Gasteiger partial charge on any atom is -0.494 e. The zero-order valence-corrected chi connectivity index (χ0v) is 19.4. The number of anilines is 1. The Morgan fingerprint density at radius 1 is 1.03 bits per heavy atom. The molecule has 0 aliphatic heterocycles. The van der Waals surface area contributed by atoms with Crippen molar-refractivity contribution in [2.45, 2.75) is 13.0 Å². The van der Waals surface area contributed by atoms with Crippen LogP contribution in [0.4, 0.5) is 5.13 Å². The van der Waals surface area contributed by atoms with Gasteiger partial charge in [0.25, 0.3) is 0 Å². The molecule has 5 aromatic rings. The Morgan fingerprint density at radius 3 is 2.67 bits per heavy atom. The van der Waals surface area contributed by atoms with Crippen molar-refractivity contribution < 1.29 is 9.53 Å². The van der Waals surface area contributed by atoms with Gasteiger partial charge in [0.05, 0.1) is 29.8 Å². The molecule has 0 spiro atoms. The van der Waals surface area contributed by atoms with E-state index in [9.17, 15) is 4.79 Å². The van der Waals surface area contributed by atoms with Gasteiger partial charge >= 0.3 is 0 Å². The summed E-state index contributed by atoms with van der Waals surface area (Å²) in [6.45, 7) is 0.361. The van der Waals surface area contributed by atoms with E-state index in [1.807, 2.05) is 36.4 Å². The van der Waals surface area contributed by atoms with Gasteiger partial charge in [-0.3, -0.25) is 14.7 Å². The number of carbonyl (C=O) groups excluding carboxylic acids is 1. The fourth-order valence-corrected chi connectivity index (χ4v) is 5.05. The molecule has 0 aliphatic carbocycles. The smallest absolute Gasteiger partial charge is 0.233 e. The first-order chi connectivity index (χ1) is 16.1. The molecule has 0 radical (unpaired) electrons. The van der Waals surface area contributed by atoms with Crippen LogP contribution in [0.1, 0.15) is 11.1 Å². The molecule has 0 N–H and O–H groups in total. The van der Waals surface area contributed by atoms with Gasteiger partial charge in [-0.1, -0.05) is 71.5 Å². The Morgan fingerprint density at radius 2 is 1.88 bits per heavy atom. The van der Waals surface area contributed by atoms with E-state index < -0.39 is 0 Å². The molecule has 33 heavy (non-hydrogen) atoms. The topological polar surface area (TPSA) is 55.3 Å². The van der Waals surface area contributed by atoms with Crippen LogP contribution in [0.2, 0.25) is 5.02 Å². The summed E-state index contributed by atoms with van der Waals surface area (Å²) in [5, 5.41) is 3.41. The number of methoxy groups -OCH3 is 1. The quantitative estimate of drug-likeness (QED) is 0.291. The molecule has 0 atom stereocenters. The normalized spacial score (nSPS) is 11.1. The number of aromatic nitrogens is 2. The third-order valence-electron chi connectivity index (χ3n) is 5.43. The first kappa shape index (κ1) is 21.4. The number of nitrogens with zero attached hydrogens (tertiary/aromatic N) is 3. The Bertz CT molecular complexity index is 1450. The molecule has 0 unspecified atom stereocenters. The van der Waals surface area contributed by atoms with Crippen molar-refractivity contribution in [2.75, 3.05) is 12.0 Å². The molecule has 0 aliphatic rings. The molecule has 5 nitrogen and oxygen atoms in total. The van der Waals surface area contributed by atoms with E-state index in [4.69, 9.17) is 21.3 Å². The summed E-state index contributed by atoms with van der Waals surface area (Å²) in [6.07, 6.45) is 3.73. The van der Waals surface area contributed by atoms with Crippen molar-refractivity contribution in [2.24, 2.45) is 0 Å². The molecular formula is C26H20ClN3O2S. The van der Waals surface area contributed by atoms with Gasteiger partial charge in [0, 0.05) is 12.4 Å². The number of hydrogen-bond acceptors (Lipinski definition) is 5. The maximum absolute atomic E-state index is 13.6. The number of amides is 1. The highest BCUT2D eigenvalue weighted by atomic mass is 35.5. The molecule has 164 valence electrons. The maximum atomic E-state index is 13.6. The Kier molecular flexibility index (Phi) is 5.94. The molecule has 0 bridgehead atoms. The summed E-state index contributed by atoms with van der Waals surface area (Å²) in [5.41, 5.74) is 2.52. The van der Waals surface area contributed by atoms with Gasteiger partial charge in [-0.2, -0.15) is 0 Å². The summed E-state index contributed by atoms with van der Waals surface area (Å²) in [7, 11) is 1.60. The zero-order chi connectivity index (χ0) is 22.8. The zero-order valence-electron chi connectivity index (χ0n) is 17.9. The van der Waals surface area contributed by atoms with Gasteiger partial charge in [-0.25, -0.2) is 4.98 Å². The van der Waals surface area contributed by atoms with Crippen LogP contribution in [0.25, 0.3) is 21.0 Å². The first-order valence-electron chi connectivity index (χ1n) is 10.4. The Labute approximate surface area is 200 Å². The lowest BCUT2D eigenvalue weighted by molar-refractivity contribution is -0.118. The summed E-state index contributed by atoms with van der Waals surface area (Å²) in [6, 6.07) is 21.6. The molecule has 2 aromatic heterocycles. The number of hydrogen-bond donors (Lipinski definition) is 0. The number of halogens is 1. The van der Waals surface area contributed by atoms with E-state index in [1.54, 1.807) is 36.5 Å². The minimum absolute atomic E-state index is 0.0525. The summed E-state index contributed by atoms with van der Waals surface area (Å²) >= 11 is 7.81. The number of carbonyl (C=O) groups is 1. The highest BCUT2D eigenvalue weighted by molar-refractivity contribution is 7.23. The minimum atomic E-state index is -0.0525. The third kappa shape index (κ3) is 4.40. The lowest BCUT2D eigenvalue weighted by Gasteiger charge is -2.20. The number of pyridine rings is 1. The second kappa shape index (κ2) is 9.17. The molecule has 5 rings (SSSR count). The van der Waals surface area contributed by atoms with Crippen LogP contribution in [-0.2, 0) is 17.8 Å². The average Bonchev–Trinajstić information content (AvgIpc) is 3.29. The van der Waals surface area contributed by atoms with Crippen LogP contribution in [0.15, 0.2) is 79.1 Å². The van der Waals surface area contributed by atoms with Crippen LogP contribution in [0.3, 0.4) is 0 Å². The predicted molar refractivity (Wildman–Crippen MR) is 134 cm³/mol. The fourth-order valence-electron chi connectivity index (χ4n) is 3.78. The van der Waals surface area contributed by atoms with Crippen LogP contribution in [-0.4, -0.2) is 23.0 Å². The molecule has 2 heterocycles. The molecule has 1 amide bonds. The molecule has 0 fully saturated rings. The Hall–Kier alpha value is -3.48. The standard InChI is InChI=1S/C26H20ClN3O2S/c1-32-22-11-10-21(27)25-24(22)29-26(33-25)30(16-18-5-4-12-28-15-18)23(31)14-17-8-9-19-6-2-3-7-20(19)13-17/h2-13,15H,14,16H2,1H3. The molecule has 0 saturated heterocycles. The van der Waals surface area contributed by atoms with Crippen molar-refractivity contribution in [3.8, 4) is 5.75 Å². The van der Waals surface area contributed by atoms with Gasteiger partial charge < -0.3 is 4.74 Å². The predicted octanol–water partition coefficient (Wildman–Crippen LogP) is 6.28. The first-order valence-corrected chi connectivity index (χ1v) is 11.6. The van der Waals surface area contributed by atoms with Crippen LogP contribution in [0, 0.1) is 0 Å². The number of ether oxygens (including phenoxy) is 1. The van der Waals surface area contributed by atoms with Crippen LogP contribution < -0.4 is 9.64 Å². The molecule has 7 heteroatoms. The van der Waals surface area contributed by atoms with Crippen molar-refractivity contribution in [3.05, 3.63) is 95.3 Å². The van der Waals surface area contributed by atoms with E-state index >= 15 is 0 Å². The summed E-state index contributed by atoms with van der Waals surface area (Å²) < 4.78 is 6.26. The maximum Gasteiger partial charge on any atom is 0.233 e. The average molecular weight is 474 g/mol. The van der Waals surface area contributed by atoms with Crippen molar-refractivity contribution in [1.29, 1.82) is 0 Å². The van der Waals surface area contributed by atoms with Crippen molar-refractivity contribution in [1.82, 2.24) is 9.97 Å². The number of rotatable bonds is 6. The second-order valence-electron chi connectivity index (χ2n) is 7.62. The Balaban J connectivity index is 1.53. The molecular weight excluding hydrogens is 454 g/mol. The molecule has 0 saturated carbocycles. The van der Waals surface area contributed by atoms with Gasteiger partial charge in [0.1, 0.15) is 11.3 Å². The number of thiazole rings is 1. The summed E-state index contributed by atoms with van der Waals surface area (Å²) in [4.78, 5) is 24.2. The second-order valence-corrected chi connectivity index (χ2v) is 9.01. The lowest BCUT2D eigenvalue weighted by Crippen LogP contribution is -2.31. The monoisotopic (exact) mass is 473 g/mol. The van der Waals surface area contributed by atoms with Crippen LogP contribution >= 0.6 is 22.9 Å². The lowest BCUT2D eigenvalue weighted by atomic mass is 10.0. The van der Waals surface area contributed by atoms with Crippen molar-refractivity contribution >= 4 is 55.0 Å². The van der Waals surface area contributed by atoms with E-state index in [0.717, 1.165) is 26.6 Å². The van der Waals surface area contributed by atoms with E-state index in [-0.39, 0.29) is 12.3 Å². The number of benzene rings is 3. The third-order valence-corrected chi connectivity index (χ3v) is 6.97. The van der Waals surface area contributed by atoms with Crippen molar-refractivity contribution in [3.63, 3.8) is 0 Å². The van der Waals surface area contributed by atoms with Gasteiger partial charge in [-0.15, -0.1) is 0 Å². The van der Waals surface area contributed by atoms with Gasteiger partial charge in [-0.05, 0) is 40.1 Å². The highest BCUT2D eigenvalue weighted by Crippen LogP contribution is 2.39. The fraction of sp³-hybridized carbons (Fsp3) is 0.115. The van der Waals surface area contributed by atoms with E-state index in [0.29, 0.717) is 28.0 Å². The summed E-state index contributed by atoms with van der Waals surface area (Å²) in [5.74, 6) is 0.573. The van der Waals surface area contributed by atoms with E-state index in [1.165, 1.54) is 11.3 Å². The SMILES string of the molecule is COc1ccc(Cl)c2sc(N(Cc3cccnc3)C(=O)Cc3ccc4ccccc4c3)nc12. The van der Waals surface area contributed by atoms with Crippen LogP contribution in [0.5, 0.6) is 5.75 Å².